The number of hydrogen-bond donors (Lipinski definition) is 1. The number of thioether (sulfide) groups is 1. The first-order valence-corrected chi connectivity index (χ1v) is 10.9. The summed E-state index contributed by atoms with van der Waals surface area (Å²) in [6.45, 7) is 2.45. The Hall–Kier alpha value is -2.81. The summed E-state index contributed by atoms with van der Waals surface area (Å²) in [6, 6.07) is 10.5. The van der Waals surface area contributed by atoms with Gasteiger partial charge in [-0.3, -0.25) is 10.2 Å². The van der Waals surface area contributed by atoms with Gasteiger partial charge in [0.25, 0.3) is 5.91 Å². The molecular weight excluding hydrogens is 459 g/mol. The average Bonchev–Trinajstić information content (AvgIpc) is 3.21. The Morgan fingerprint density at radius 1 is 1.16 bits per heavy atom. The zero-order valence-corrected chi connectivity index (χ0v) is 18.6. The van der Waals surface area contributed by atoms with Crippen LogP contribution in [0.5, 0.6) is 11.5 Å². The largest absolute Gasteiger partial charge is 0.490 e. The van der Waals surface area contributed by atoms with E-state index in [1.807, 2.05) is 6.92 Å². The molecule has 1 amide bonds. The number of amidine groups is 2. The Balaban J connectivity index is 1.60. The number of amides is 1. The lowest BCUT2D eigenvalue weighted by atomic mass is 10.1. The number of rotatable bonds is 6. The number of benzene rings is 2. The minimum absolute atomic E-state index is 0.0251. The van der Waals surface area contributed by atoms with E-state index in [4.69, 9.17) is 38.1 Å². The first-order valence-electron chi connectivity index (χ1n) is 9.23. The van der Waals surface area contributed by atoms with Gasteiger partial charge in [-0.25, -0.2) is 0 Å². The molecule has 31 heavy (non-hydrogen) atoms. The zero-order chi connectivity index (χ0) is 22.0. The van der Waals surface area contributed by atoms with Gasteiger partial charge in [0.1, 0.15) is 6.61 Å². The first-order chi connectivity index (χ1) is 15.0. The molecule has 2 aliphatic rings. The molecule has 2 aromatic carbocycles. The molecule has 0 aliphatic carbocycles. The summed E-state index contributed by atoms with van der Waals surface area (Å²) in [4.78, 5) is 16.4. The molecule has 2 aliphatic heterocycles. The number of halogens is 2. The third kappa shape index (κ3) is 4.46. The fourth-order valence-corrected chi connectivity index (χ4v) is 4.04. The standard InChI is InChI=1S/C21H16Cl2N4O3S/c1-2-29-18-9-12(8-13-19(24)27-21(26-20(13)28)31-11-25-27)6-7-17(18)30-10-14-15(22)4-3-5-16(14)23/h3-9,11,24H,2,10H2,1H3. The van der Waals surface area contributed by atoms with E-state index >= 15 is 0 Å². The molecule has 2 aromatic rings. The Bertz CT molecular complexity index is 1140. The average molecular weight is 475 g/mol. The van der Waals surface area contributed by atoms with Crippen molar-refractivity contribution in [3.63, 3.8) is 0 Å². The van der Waals surface area contributed by atoms with E-state index in [1.165, 1.54) is 22.3 Å². The second-order valence-corrected chi connectivity index (χ2v) is 8.01. The Morgan fingerprint density at radius 3 is 2.68 bits per heavy atom. The summed E-state index contributed by atoms with van der Waals surface area (Å²) in [5, 5.41) is 15.1. The van der Waals surface area contributed by atoms with Gasteiger partial charge in [-0.1, -0.05) is 35.3 Å². The summed E-state index contributed by atoms with van der Waals surface area (Å²) < 4.78 is 11.6. The van der Waals surface area contributed by atoms with Crippen molar-refractivity contribution in [1.29, 1.82) is 5.41 Å². The van der Waals surface area contributed by atoms with Crippen molar-refractivity contribution < 1.29 is 14.3 Å². The molecule has 10 heteroatoms. The fourth-order valence-electron chi connectivity index (χ4n) is 2.93. The molecule has 0 aromatic heterocycles. The Kier molecular flexibility index (Phi) is 6.31. The molecule has 0 saturated carbocycles. The Labute approximate surface area is 192 Å². The van der Waals surface area contributed by atoms with Gasteiger partial charge in [-0.2, -0.15) is 15.1 Å². The van der Waals surface area contributed by atoms with Gasteiger partial charge >= 0.3 is 0 Å². The number of nitrogens with zero attached hydrogens (tertiary/aromatic N) is 3. The smallest absolute Gasteiger partial charge is 0.283 e. The number of fused-ring (bicyclic) bond motifs is 1. The molecule has 0 bridgehead atoms. The minimum Gasteiger partial charge on any atom is -0.490 e. The summed E-state index contributed by atoms with van der Waals surface area (Å²) in [5.74, 6) is 0.489. The summed E-state index contributed by atoms with van der Waals surface area (Å²) in [6.07, 6.45) is 1.58. The van der Waals surface area contributed by atoms with Gasteiger partial charge in [-0.05, 0) is 54.6 Å². The van der Waals surface area contributed by atoms with Crippen molar-refractivity contribution >= 4 is 63.5 Å². The van der Waals surface area contributed by atoms with Crippen LogP contribution in [-0.2, 0) is 11.4 Å². The van der Waals surface area contributed by atoms with E-state index in [2.05, 4.69) is 10.1 Å². The van der Waals surface area contributed by atoms with Crippen LogP contribution in [0.15, 0.2) is 52.1 Å². The van der Waals surface area contributed by atoms with Crippen LogP contribution in [-0.4, -0.2) is 34.1 Å². The SMILES string of the molecule is CCOc1cc(C=C2C(=N)N3N=CSC3=NC2=O)ccc1OCc1c(Cl)cccc1Cl. The molecule has 0 radical (unpaired) electrons. The molecule has 0 saturated heterocycles. The molecule has 2 heterocycles. The summed E-state index contributed by atoms with van der Waals surface area (Å²) in [5.41, 5.74) is 3.02. The maximum Gasteiger partial charge on any atom is 0.283 e. The van der Waals surface area contributed by atoms with Crippen molar-refractivity contribution in [3.8, 4) is 11.5 Å². The first kappa shape index (κ1) is 21.4. The lowest BCUT2D eigenvalue weighted by Gasteiger charge is -2.20. The topological polar surface area (TPSA) is 87.3 Å². The van der Waals surface area contributed by atoms with E-state index in [0.29, 0.717) is 44.4 Å². The van der Waals surface area contributed by atoms with Crippen LogP contribution < -0.4 is 9.47 Å². The van der Waals surface area contributed by atoms with Crippen molar-refractivity contribution in [3.05, 3.63) is 63.1 Å². The molecule has 0 fully saturated rings. The van der Waals surface area contributed by atoms with Gasteiger partial charge < -0.3 is 9.47 Å². The van der Waals surface area contributed by atoms with E-state index < -0.39 is 5.91 Å². The van der Waals surface area contributed by atoms with Crippen LogP contribution >= 0.6 is 35.0 Å². The number of carbonyl (C=O) groups excluding carboxylic acids is 1. The van der Waals surface area contributed by atoms with Gasteiger partial charge in [0.2, 0.25) is 0 Å². The van der Waals surface area contributed by atoms with Crippen LogP contribution in [0.1, 0.15) is 18.1 Å². The van der Waals surface area contributed by atoms with Crippen molar-refractivity contribution in [2.45, 2.75) is 13.5 Å². The van der Waals surface area contributed by atoms with Crippen molar-refractivity contribution in [2.75, 3.05) is 6.61 Å². The second kappa shape index (κ2) is 9.13. The molecule has 158 valence electrons. The van der Waals surface area contributed by atoms with Crippen LogP contribution in [0.3, 0.4) is 0 Å². The number of hydrazone groups is 1. The third-order valence-electron chi connectivity index (χ3n) is 4.41. The number of carbonyl (C=O) groups is 1. The molecule has 0 unspecified atom stereocenters. The molecule has 4 rings (SSSR count). The predicted molar refractivity (Wildman–Crippen MR) is 124 cm³/mol. The maximum atomic E-state index is 12.4. The molecular formula is C21H16Cl2N4O3S. The highest BCUT2D eigenvalue weighted by Crippen LogP contribution is 2.33. The highest BCUT2D eigenvalue weighted by Gasteiger charge is 2.32. The van der Waals surface area contributed by atoms with E-state index in [-0.39, 0.29) is 18.0 Å². The number of ether oxygens (including phenoxy) is 2. The summed E-state index contributed by atoms with van der Waals surface area (Å²) in [7, 11) is 0. The lowest BCUT2D eigenvalue weighted by molar-refractivity contribution is -0.114. The monoisotopic (exact) mass is 474 g/mol. The maximum absolute atomic E-state index is 12.4. The Morgan fingerprint density at radius 2 is 1.94 bits per heavy atom. The molecule has 0 atom stereocenters. The van der Waals surface area contributed by atoms with E-state index in [1.54, 1.807) is 42.5 Å². The number of nitrogens with one attached hydrogen (secondary N) is 1. The zero-order valence-electron chi connectivity index (χ0n) is 16.3. The number of aliphatic imine (C=N–C) groups is 1. The normalized spacial score (nSPS) is 16.5. The van der Waals surface area contributed by atoms with Crippen LogP contribution in [0, 0.1) is 5.41 Å². The van der Waals surface area contributed by atoms with Gasteiger partial charge in [0.05, 0.1) is 17.7 Å². The molecule has 1 N–H and O–H groups in total. The highest BCUT2D eigenvalue weighted by molar-refractivity contribution is 8.25. The van der Waals surface area contributed by atoms with Crippen LogP contribution in [0.25, 0.3) is 6.08 Å². The van der Waals surface area contributed by atoms with E-state index in [9.17, 15) is 4.79 Å². The van der Waals surface area contributed by atoms with Crippen LogP contribution in [0.2, 0.25) is 10.0 Å². The van der Waals surface area contributed by atoms with E-state index in [0.717, 1.165) is 0 Å². The minimum atomic E-state index is -0.485. The predicted octanol–water partition coefficient (Wildman–Crippen LogP) is 5.22. The van der Waals surface area contributed by atoms with Gasteiger partial charge in [0, 0.05) is 15.6 Å². The summed E-state index contributed by atoms with van der Waals surface area (Å²) >= 11 is 13.6. The highest BCUT2D eigenvalue weighted by atomic mass is 35.5. The lowest BCUT2D eigenvalue weighted by Crippen LogP contribution is -2.35. The van der Waals surface area contributed by atoms with Crippen molar-refractivity contribution in [1.82, 2.24) is 5.01 Å². The second-order valence-electron chi connectivity index (χ2n) is 6.38. The van der Waals surface area contributed by atoms with Gasteiger partial charge in [0.15, 0.2) is 22.5 Å². The van der Waals surface area contributed by atoms with Crippen molar-refractivity contribution in [2.24, 2.45) is 10.1 Å². The molecule has 0 spiro atoms. The fraction of sp³-hybridized carbons (Fsp3) is 0.143. The van der Waals surface area contributed by atoms with Crippen LogP contribution in [0.4, 0.5) is 0 Å². The quantitative estimate of drug-likeness (QED) is 0.579. The third-order valence-corrected chi connectivity index (χ3v) is 5.79. The molecule has 7 nitrogen and oxygen atoms in total. The number of hydrogen-bond acceptors (Lipinski definition) is 6. The van der Waals surface area contributed by atoms with Gasteiger partial charge in [-0.15, -0.1) is 0 Å².